The first-order chi connectivity index (χ1) is 14.8. The summed E-state index contributed by atoms with van der Waals surface area (Å²) in [7, 11) is 0. The van der Waals surface area contributed by atoms with Crippen molar-refractivity contribution in [3.8, 4) is 11.4 Å². The number of hydrogen-bond acceptors (Lipinski definition) is 4. The van der Waals surface area contributed by atoms with E-state index in [4.69, 9.17) is 0 Å². The van der Waals surface area contributed by atoms with Gasteiger partial charge in [0.1, 0.15) is 0 Å². The summed E-state index contributed by atoms with van der Waals surface area (Å²) in [6, 6.07) is 7.49. The van der Waals surface area contributed by atoms with Crippen molar-refractivity contribution < 1.29 is 36.2 Å². The summed E-state index contributed by atoms with van der Waals surface area (Å²) < 4.78 is 78.8. The van der Waals surface area contributed by atoms with Crippen molar-refractivity contribution in [1.29, 1.82) is 0 Å². The van der Waals surface area contributed by atoms with E-state index in [-0.39, 0.29) is 11.8 Å². The van der Waals surface area contributed by atoms with Crippen LogP contribution in [0.1, 0.15) is 27.2 Å². The second kappa shape index (κ2) is 8.02. The van der Waals surface area contributed by atoms with Crippen LogP contribution in [0.2, 0.25) is 0 Å². The average Bonchev–Trinajstić information content (AvgIpc) is 2.66. The van der Waals surface area contributed by atoms with Crippen LogP contribution in [-0.4, -0.2) is 20.8 Å². The lowest BCUT2D eigenvalue weighted by molar-refractivity contribution is -0.143. The molecule has 168 valence electrons. The number of halogens is 6. The standard InChI is InChI=1S/C20H13F6N3O3/c1-10-3-2-4-14(5-10)29-16(31)9-15(30)17(28-29)18(32)27-13-7-11(19(21,22)23)6-12(8-13)20(24,25)26/h2-9,30H,1H3,(H,27,32). The Morgan fingerprint density at radius 2 is 1.56 bits per heavy atom. The smallest absolute Gasteiger partial charge is 0.416 e. The lowest BCUT2D eigenvalue weighted by atomic mass is 10.1. The van der Waals surface area contributed by atoms with Crippen LogP contribution in [0.15, 0.2) is 53.3 Å². The number of nitrogens with one attached hydrogen (secondary N) is 1. The molecular weight excluding hydrogens is 444 g/mol. The maximum atomic E-state index is 13.0. The number of nitrogens with zero attached hydrogens (tertiary/aromatic N) is 2. The SMILES string of the molecule is Cc1cccc(-n2nc(C(=O)Nc3cc(C(F)(F)F)cc(C(F)(F)F)c3)c(O)cc2=O)c1. The fourth-order valence-corrected chi connectivity index (χ4v) is 2.77. The van der Waals surface area contributed by atoms with Crippen molar-refractivity contribution >= 4 is 11.6 Å². The molecule has 1 amide bonds. The molecule has 0 fully saturated rings. The van der Waals surface area contributed by atoms with E-state index in [0.29, 0.717) is 18.2 Å². The van der Waals surface area contributed by atoms with Gasteiger partial charge in [0.25, 0.3) is 11.5 Å². The third-order valence-electron chi connectivity index (χ3n) is 4.22. The molecule has 0 saturated carbocycles. The van der Waals surface area contributed by atoms with Crippen molar-refractivity contribution in [2.75, 3.05) is 5.32 Å². The number of aromatic hydroxyl groups is 1. The molecule has 0 saturated heterocycles. The number of carbonyl (C=O) groups excluding carboxylic acids is 1. The minimum absolute atomic E-state index is 0.0940. The van der Waals surface area contributed by atoms with E-state index < -0.39 is 52.1 Å². The zero-order valence-electron chi connectivity index (χ0n) is 16.0. The third-order valence-corrected chi connectivity index (χ3v) is 4.22. The number of hydrogen-bond donors (Lipinski definition) is 2. The van der Waals surface area contributed by atoms with Crippen LogP contribution in [0.3, 0.4) is 0 Å². The van der Waals surface area contributed by atoms with E-state index in [9.17, 15) is 41.0 Å². The quantitative estimate of drug-likeness (QED) is 0.566. The Morgan fingerprint density at radius 3 is 2.09 bits per heavy atom. The maximum Gasteiger partial charge on any atom is 0.416 e. The monoisotopic (exact) mass is 457 g/mol. The number of anilines is 1. The van der Waals surface area contributed by atoms with Gasteiger partial charge in [-0.25, -0.2) is 0 Å². The van der Waals surface area contributed by atoms with Gasteiger partial charge in [-0.15, -0.1) is 0 Å². The molecule has 0 aliphatic heterocycles. The van der Waals surface area contributed by atoms with Crippen LogP contribution < -0.4 is 10.9 Å². The first-order valence-electron chi connectivity index (χ1n) is 8.77. The van der Waals surface area contributed by atoms with Gasteiger partial charge < -0.3 is 10.4 Å². The van der Waals surface area contributed by atoms with E-state index in [1.54, 1.807) is 19.1 Å². The van der Waals surface area contributed by atoms with Crippen LogP contribution in [0.25, 0.3) is 5.69 Å². The highest BCUT2D eigenvalue weighted by Gasteiger charge is 2.37. The fraction of sp³-hybridized carbons (Fsp3) is 0.150. The molecule has 0 aliphatic carbocycles. The topological polar surface area (TPSA) is 84.2 Å². The van der Waals surface area contributed by atoms with E-state index in [1.807, 2.05) is 5.32 Å². The predicted octanol–water partition coefficient (Wildman–Crippen LogP) is 4.54. The number of rotatable bonds is 3. The largest absolute Gasteiger partial charge is 0.505 e. The molecule has 3 aromatic rings. The van der Waals surface area contributed by atoms with Gasteiger partial charge in [0.2, 0.25) is 0 Å². The van der Waals surface area contributed by atoms with Crippen LogP contribution in [-0.2, 0) is 12.4 Å². The Morgan fingerprint density at radius 1 is 0.969 bits per heavy atom. The molecule has 12 heteroatoms. The Balaban J connectivity index is 2.04. The van der Waals surface area contributed by atoms with E-state index in [2.05, 4.69) is 5.10 Å². The molecule has 0 aliphatic rings. The Bertz CT molecular complexity index is 1220. The molecule has 1 heterocycles. The van der Waals surface area contributed by atoms with Crippen LogP contribution in [0.5, 0.6) is 5.75 Å². The number of alkyl halides is 6. The van der Waals surface area contributed by atoms with Gasteiger partial charge in [-0.2, -0.15) is 36.1 Å². The Kier molecular flexibility index (Phi) is 5.73. The normalized spacial score (nSPS) is 12.0. The van der Waals surface area contributed by atoms with E-state index >= 15 is 0 Å². The van der Waals surface area contributed by atoms with Gasteiger partial charge in [0.05, 0.1) is 16.8 Å². The summed E-state index contributed by atoms with van der Waals surface area (Å²) in [5.41, 5.74) is -4.73. The van der Waals surface area contributed by atoms with Crippen LogP contribution in [0, 0.1) is 6.92 Å². The fourth-order valence-electron chi connectivity index (χ4n) is 2.77. The van der Waals surface area contributed by atoms with Gasteiger partial charge in [0, 0.05) is 11.8 Å². The predicted molar refractivity (Wildman–Crippen MR) is 101 cm³/mol. The summed E-state index contributed by atoms with van der Waals surface area (Å²) in [6.07, 6.45) is -10.2. The lowest BCUT2D eigenvalue weighted by Crippen LogP contribution is -2.25. The van der Waals surface area contributed by atoms with Gasteiger partial charge in [-0.3, -0.25) is 9.59 Å². The average molecular weight is 457 g/mol. The second-order valence-electron chi connectivity index (χ2n) is 6.72. The highest BCUT2D eigenvalue weighted by atomic mass is 19.4. The molecule has 2 N–H and O–H groups in total. The molecule has 6 nitrogen and oxygen atoms in total. The Labute approximate surface area is 175 Å². The van der Waals surface area contributed by atoms with Crippen LogP contribution >= 0.6 is 0 Å². The molecule has 32 heavy (non-hydrogen) atoms. The number of amides is 1. The number of benzene rings is 2. The number of aromatic nitrogens is 2. The second-order valence-corrected chi connectivity index (χ2v) is 6.72. The van der Waals surface area contributed by atoms with Gasteiger partial charge >= 0.3 is 12.4 Å². The van der Waals surface area contributed by atoms with E-state index in [0.717, 1.165) is 10.2 Å². The molecule has 1 aromatic heterocycles. The molecule has 0 spiro atoms. The molecule has 2 aromatic carbocycles. The molecule has 0 atom stereocenters. The minimum Gasteiger partial charge on any atom is -0.505 e. The highest BCUT2D eigenvalue weighted by Crippen LogP contribution is 2.37. The summed E-state index contributed by atoms with van der Waals surface area (Å²) >= 11 is 0. The lowest BCUT2D eigenvalue weighted by Gasteiger charge is -2.15. The molecular formula is C20H13F6N3O3. The zero-order chi connectivity index (χ0) is 23.8. The van der Waals surface area contributed by atoms with Crippen molar-refractivity contribution in [3.63, 3.8) is 0 Å². The maximum absolute atomic E-state index is 13.0. The zero-order valence-corrected chi connectivity index (χ0v) is 16.0. The summed E-state index contributed by atoms with van der Waals surface area (Å²) in [5, 5.41) is 15.5. The first-order valence-corrected chi connectivity index (χ1v) is 8.77. The van der Waals surface area contributed by atoms with Crippen molar-refractivity contribution in [3.05, 3.63) is 81.3 Å². The van der Waals surface area contributed by atoms with Gasteiger partial charge in [0.15, 0.2) is 11.4 Å². The number of aryl methyl sites for hydroxylation is 1. The highest BCUT2D eigenvalue weighted by molar-refractivity contribution is 6.04. The first kappa shape index (κ1) is 22.8. The third kappa shape index (κ3) is 4.90. The van der Waals surface area contributed by atoms with E-state index in [1.165, 1.54) is 12.1 Å². The van der Waals surface area contributed by atoms with Gasteiger partial charge in [-0.1, -0.05) is 12.1 Å². The molecule has 0 unspecified atom stereocenters. The van der Waals surface area contributed by atoms with Crippen LogP contribution in [0.4, 0.5) is 32.0 Å². The Hall–Kier alpha value is -3.83. The van der Waals surface area contributed by atoms with Gasteiger partial charge in [-0.05, 0) is 42.8 Å². The number of carbonyl (C=O) groups is 1. The molecule has 0 radical (unpaired) electrons. The summed E-state index contributed by atoms with van der Waals surface area (Å²) in [5.74, 6) is -2.23. The van der Waals surface area contributed by atoms with Crippen molar-refractivity contribution in [2.45, 2.75) is 19.3 Å². The van der Waals surface area contributed by atoms with Crippen molar-refractivity contribution in [1.82, 2.24) is 9.78 Å². The molecule has 0 bridgehead atoms. The van der Waals surface area contributed by atoms with Crippen molar-refractivity contribution in [2.24, 2.45) is 0 Å². The summed E-state index contributed by atoms with van der Waals surface area (Å²) in [6.45, 7) is 1.72. The molecule has 3 rings (SSSR count). The minimum atomic E-state index is -5.11. The summed E-state index contributed by atoms with van der Waals surface area (Å²) in [4.78, 5) is 24.7.